The summed E-state index contributed by atoms with van der Waals surface area (Å²) < 4.78 is 5.82. The third-order valence-corrected chi connectivity index (χ3v) is 4.17. The lowest BCUT2D eigenvalue weighted by atomic mass is 10.1. The van der Waals surface area contributed by atoms with E-state index in [0.29, 0.717) is 6.10 Å². The Bertz CT molecular complexity index is 624. The van der Waals surface area contributed by atoms with E-state index in [2.05, 4.69) is 29.1 Å². The molecule has 1 aliphatic rings. The highest BCUT2D eigenvalue weighted by Crippen LogP contribution is 2.18. The van der Waals surface area contributed by atoms with Crippen LogP contribution < -0.4 is 0 Å². The van der Waals surface area contributed by atoms with Gasteiger partial charge in [-0.3, -0.25) is 4.90 Å². The molecule has 23 heavy (non-hydrogen) atoms. The molecule has 3 rings (SSSR count). The number of aromatic nitrogens is 2. The highest BCUT2D eigenvalue weighted by atomic mass is 16.5. The van der Waals surface area contributed by atoms with E-state index in [-0.39, 0.29) is 0 Å². The Morgan fingerprint density at radius 1 is 1.17 bits per heavy atom. The number of hydrogen-bond donors (Lipinski definition) is 0. The third kappa shape index (κ3) is 4.60. The summed E-state index contributed by atoms with van der Waals surface area (Å²) >= 11 is 0. The van der Waals surface area contributed by atoms with E-state index in [4.69, 9.17) is 9.72 Å². The summed E-state index contributed by atoms with van der Waals surface area (Å²) in [6.45, 7) is 4.62. The van der Waals surface area contributed by atoms with E-state index < -0.39 is 0 Å². The van der Waals surface area contributed by atoms with Crippen LogP contribution in [0.15, 0.2) is 36.4 Å². The third-order valence-electron chi connectivity index (χ3n) is 4.17. The van der Waals surface area contributed by atoms with E-state index in [1.54, 1.807) is 0 Å². The van der Waals surface area contributed by atoms with Crippen molar-refractivity contribution in [2.45, 2.75) is 38.8 Å². The summed E-state index contributed by atoms with van der Waals surface area (Å²) in [6, 6.07) is 12.3. The molecule has 2 aromatic rings. The van der Waals surface area contributed by atoms with Gasteiger partial charge in [-0.05, 0) is 39.3 Å². The van der Waals surface area contributed by atoms with Crippen molar-refractivity contribution in [3.63, 3.8) is 0 Å². The van der Waals surface area contributed by atoms with Gasteiger partial charge in [-0.2, -0.15) is 0 Å². The molecule has 0 aliphatic carbocycles. The zero-order chi connectivity index (χ0) is 16.1. The minimum absolute atomic E-state index is 0.354. The van der Waals surface area contributed by atoms with Crippen LogP contribution in [0.5, 0.6) is 0 Å². The molecule has 1 atom stereocenters. The van der Waals surface area contributed by atoms with E-state index in [1.807, 2.05) is 31.2 Å². The molecular weight excluding hydrogens is 286 g/mol. The molecule has 0 spiro atoms. The molecule has 1 aromatic carbocycles. The smallest absolute Gasteiger partial charge is 0.143 e. The summed E-state index contributed by atoms with van der Waals surface area (Å²) in [7, 11) is 2.12. The van der Waals surface area contributed by atoms with E-state index in [9.17, 15) is 0 Å². The summed E-state index contributed by atoms with van der Waals surface area (Å²) in [5, 5.41) is 0. The van der Waals surface area contributed by atoms with Gasteiger partial charge in [0.15, 0.2) is 0 Å². The fraction of sp³-hybridized carbons (Fsp3) is 0.474. The van der Waals surface area contributed by atoms with Crippen LogP contribution in [0.3, 0.4) is 0 Å². The second kappa shape index (κ2) is 7.66. The largest absolute Gasteiger partial charge is 0.377 e. The molecule has 122 valence electrons. The van der Waals surface area contributed by atoms with Crippen LogP contribution in [0.4, 0.5) is 0 Å². The van der Waals surface area contributed by atoms with Crippen molar-refractivity contribution in [1.82, 2.24) is 14.9 Å². The molecule has 4 heteroatoms. The number of benzene rings is 1. The lowest BCUT2D eigenvalue weighted by molar-refractivity contribution is -0.00291. The molecule has 0 N–H and O–H groups in total. The molecule has 1 aliphatic heterocycles. The monoisotopic (exact) mass is 311 g/mol. The van der Waals surface area contributed by atoms with Crippen molar-refractivity contribution < 1.29 is 4.74 Å². The molecule has 0 unspecified atom stereocenters. The van der Waals surface area contributed by atoms with Crippen LogP contribution in [-0.2, 0) is 11.3 Å². The molecule has 4 nitrogen and oxygen atoms in total. The van der Waals surface area contributed by atoms with Gasteiger partial charge in [-0.25, -0.2) is 9.97 Å². The normalized spacial score (nSPS) is 18.3. The Morgan fingerprint density at radius 2 is 2.00 bits per heavy atom. The van der Waals surface area contributed by atoms with Crippen LogP contribution in [0.2, 0.25) is 0 Å². The number of aryl methyl sites for hydroxylation is 1. The average Bonchev–Trinajstić information content (AvgIpc) is 2.56. The molecular formula is C19H25N3O. The predicted molar refractivity (Wildman–Crippen MR) is 92.1 cm³/mol. The SMILES string of the molecule is Cc1cc(-c2ccccc2)nc(CN(C)C[C@H]2CCCCO2)n1. The number of nitrogens with zero attached hydrogens (tertiary/aromatic N) is 3. The van der Waals surface area contributed by atoms with E-state index >= 15 is 0 Å². The molecule has 1 aromatic heterocycles. The molecule has 0 amide bonds. The van der Waals surface area contributed by atoms with Gasteiger partial charge in [0.25, 0.3) is 0 Å². The van der Waals surface area contributed by atoms with Gasteiger partial charge in [-0.1, -0.05) is 30.3 Å². The molecule has 0 saturated carbocycles. The van der Waals surface area contributed by atoms with Crippen LogP contribution >= 0.6 is 0 Å². The number of ether oxygens (including phenoxy) is 1. The highest BCUT2D eigenvalue weighted by molar-refractivity contribution is 5.58. The van der Waals surface area contributed by atoms with Gasteiger partial charge in [0.05, 0.1) is 18.3 Å². The van der Waals surface area contributed by atoms with Gasteiger partial charge < -0.3 is 4.74 Å². The maximum Gasteiger partial charge on any atom is 0.143 e. The number of likely N-dealkylation sites (N-methyl/N-ethyl adjacent to an activating group) is 1. The van der Waals surface area contributed by atoms with Gasteiger partial charge >= 0.3 is 0 Å². The standard InChI is InChI=1S/C19H25N3O/c1-15-12-18(16-8-4-3-5-9-16)21-19(20-15)14-22(2)13-17-10-6-7-11-23-17/h3-5,8-9,12,17H,6-7,10-11,13-14H2,1-2H3/t17-/m1/s1. The first-order valence-corrected chi connectivity index (χ1v) is 8.41. The first kappa shape index (κ1) is 16.1. The van der Waals surface area contributed by atoms with Gasteiger partial charge in [0.2, 0.25) is 0 Å². The summed E-state index contributed by atoms with van der Waals surface area (Å²) in [4.78, 5) is 11.6. The van der Waals surface area contributed by atoms with Gasteiger partial charge in [0, 0.05) is 24.4 Å². The van der Waals surface area contributed by atoms with Gasteiger partial charge in [0.1, 0.15) is 5.82 Å². The predicted octanol–water partition coefficient (Wildman–Crippen LogP) is 3.45. The Balaban J connectivity index is 1.68. The average molecular weight is 311 g/mol. The van der Waals surface area contributed by atoms with Crippen molar-refractivity contribution in [2.24, 2.45) is 0 Å². The Kier molecular flexibility index (Phi) is 5.36. The topological polar surface area (TPSA) is 38.2 Å². The number of rotatable bonds is 5. The number of hydrogen-bond acceptors (Lipinski definition) is 4. The van der Waals surface area contributed by atoms with Crippen LogP contribution in [0.25, 0.3) is 11.3 Å². The minimum atomic E-state index is 0.354. The van der Waals surface area contributed by atoms with Gasteiger partial charge in [-0.15, -0.1) is 0 Å². The summed E-state index contributed by atoms with van der Waals surface area (Å²) in [6.07, 6.45) is 3.99. The molecule has 0 bridgehead atoms. The van der Waals surface area contributed by atoms with Crippen molar-refractivity contribution in [3.05, 3.63) is 47.9 Å². The van der Waals surface area contributed by atoms with Crippen molar-refractivity contribution in [2.75, 3.05) is 20.2 Å². The van der Waals surface area contributed by atoms with Crippen molar-refractivity contribution in [1.29, 1.82) is 0 Å². The van der Waals surface area contributed by atoms with Crippen molar-refractivity contribution in [3.8, 4) is 11.3 Å². The fourth-order valence-corrected chi connectivity index (χ4v) is 3.06. The summed E-state index contributed by atoms with van der Waals surface area (Å²) in [5.74, 6) is 0.877. The zero-order valence-corrected chi connectivity index (χ0v) is 14.0. The molecule has 1 fully saturated rings. The van der Waals surface area contributed by atoms with Crippen LogP contribution in [0, 0.1) is 6.92 Å². The zero-order valence-electron chi connectivity index (χ0n) is 14.0. The fourth-order valence-electron chi connectivity index (χ4n) is 3.06. The van der Waals surface area contributed by atoms with Crippen molar-refractivity contribution >= 4 is 0 Å². The maximum atomic E-state index is 5.82. The quantitative estimate of drug-likeness (QED) is 0.847. The molecule has 0 radical (unpaired) electrons. The first-order valence-electron chi connectivity index (χ1n) is 8.41. The lowest BCUT2D eigenvalue weighted by Crippen LogP contribution is -2.33. The lowest BCUT2D eigenvalue weighted by Gasteiger charge is -2.27. The second-order valence-electron chi connectivity index (χ2n) is 6.36. The first-order chi connectivity index (χ1) is 11.2. The van der Waals surface area contributed by atoms with Crippen LogP contribution in [0.1, 0.15) is 30.8 Å². The maximum absolute atomic E-state index is 5.82. The Morgan fingerprint density at radius 3 is 2.74 bits per heavy atom. The van der Waals surface area contributed by atoms with E-state index in [1.165, 1.54) is 12.8 Å². The van der Waals surface area contributed by atoms with Crippen LogP contribution in [-0.4, -0.2) is 41.2 Å². The molecule has 1 saturated heterocycles. The van der Waals surface area contributed by atoms with E-state index in [0.717, 1.165) is 48.9 Å². The Labute approximate surface area is 138 Å². The summed E-state index contributed by atoms with van der Waals surface area (Å²) in [5.41, 5.74) is 3.14. The highest BCUT2D eigenvalue weighted by Gasteiger charge is 2.16. The minimum Gasteiger partial charge on any atom is -0.377 e. The molecule has 2 heterocycles. The second-order valence-corrected chi connectivity index (χ2v) is 6.36. The Hall–Kier alpha value is -1.78.